The molecule has 3 heterocycles. The molecule has 2 aromatic heterocycles. The van der Waals surface area contributed by atoms with Crippen molar-refractivity contribution in [3.8, 4) is 0 Å². The number of H-pyrrole nitrogens is 1. The smallest absolute Gasteiger partial charge is 0.411 e. The number of aliphatic hydroxyl groups excluding tert-OH is 2. The Kier molecular flexibility index (Phi) is 8.67. The van der Waals surface area contributed by atoms with Gasteiger partial charge in [-0.2, -0.15) is 0 Å². The van der Waals surface area contributed by atoms with Crippen LogP contribution in [0.5, 0.6) is 0 Å². The van der Waals surface area contributed by atoms with Gasteiger partial charge in [0.25, 0.3) is 0 Å². The van der Waals surface area contributed by atoms with E-state index in [1.54, 1.807) is 27.0 Å². The Labute approximate surface area is 271 Å². The van der Waals surface area contributed by atoms with Crippen LogP contribution < -0.4 is 0 Å². The fourth-order valence-corrected chi connectivity index (χ4v) is 6.30. The number of carbonyl (C=O) groups excluding carboxylic acids is 1. The van der Waals surface area contributed by atoms with Crippen molar-refractivity contribution < 1.29 is 24.5 Å². The standard InChI is InChI=1S/C35H35N7O5/c1-34(2,3)47-33(45)42-26(30(43)31(44)29(42)25-19-37-28-27(25)38-21-39-32(28)40-41-36)20-46-35(22-13-7-4-8-14-22,23-15-9-5-10-16-23)24-17-11-6-12-18-24/h4-19,21,26,29-31,37,43-44H,20H2,1-3H3. The zero-order valence-corrected chi connectivity index (χ0v) is 26.1. The summed E-state index contributed by atoms with van der Waals surface area (Å²) in [5, 5.41) is 26.9. The number of hydrogen-bond acceptors (Lipinski definition) is 8. The Balaban J connectivity index is 1.47. The summed E-state index contributed by atoms with van der Waals surface area (Å²) in [5.74, 6) is 0.0545. The average Bonchev–Trinajstić information content (AvgIpc) is 3.61. The van der Waals surface area contributed by atoms with E-state index in [1.807, 2.05) is 91.0 Å². The van der Waals surface area contributed by atoms with E-state index in [9.17, 15) is 15.0 Å². The highest BCUT2D eigenvalue weighted by molar-refractivity contribution is 5.87. The summed E-state index contributed by atoms with van der Waals surface area (Å²) >= 11 is 0. The lowest BCUT2D eigenvalue weighted by Gasteiger charge is -2.39. The van der Waals surface area contributed by atoms with E-state index in [4.69, 9.17) is 15.0 Å². The average molecular weight is 634 g/mol. The van der Waals surface area contributed by atoms with E-state index in [0.717, 1.165) is 16.7 Å². The van der Waals surface area contributed by atoms with Gasteiger partial charge in [0.2, 0.25) is 0 Å². The number of amides is 1. The van der Waals surface area contributed by atoms with Gasteiger partial charge in [-0.25, -0.2) is 14.8 Å². The minimum atomic E-state index is -1.45. The molecule has 0 spiro atoms. The summed E-state index contributed by atoms with van der Waals surface area (Å²) in [7, 11) is 0. The van der Waals surface area contributed by atoms with Gasteiger partial charge in [-0.15, -0.1) is 0 Å². The number of nitrogens with one attached hydrogen (secondary N) is 1. The molecule has 1 amide bonds. The number of ether oxygens (including phenoxy) is 2. The van der Waals surface area contributed by atoms with Gasteiger partial charge in [0.1, 0.15) is 29.7 Å². The second-order valence-electron chi connectivity index (χ2n) is 12.3. The fourth-order valence-electron chi connectivity index (χ4n) is 6.30. The first-order valence-electron chi connectivity index (χ1n) is 15.2. The number of aromatic amines is 1. The molecule has 12 heteroatoms. The maximum absolute atomic E-state index is 14.0. The number of nitrogens with zero attached hydrogens (tertiary/aromatic N) is 6. The molecule has 1 aliphatic heterocycles. The van der Waals surface area contributed by atoms with Gasteiger partial charge >= 0.3 is 6.09 Å². The second kappa shape index (κ2) is 12.9. The van der Waals surface area contributed by atoms with E-state index >= 15 is 0 Å². The number of benzene rings is 3. The van der Waals surface area contributed by atoms with E-state index in [0.29, 0.717) is 16.6 Å². The van der Waals surface area contributed by atoms with Crippen LogP contribution in [0.25, 0.3) is 21.5 Å². The molecule has 0 radical (unpaired) electrons. The predicted molar refractivity (Wildman–Crippen MR) is 174 cm³/mol. The van der Waals surface area contributed by atoms with Crippen LogP contribution in [-0.2, 0) is 15.1 Å². The summed E-state index contributed by atoms with van der Waals surface area (Å²) in [6.07, 6.45) is -0.856. The van der Waals surface area contributed by atoms with Crippen molar-refractivity contribution in [3.63, 3.8) is 0 Å². The zero-order valence-electron chi connectivity index (χ0n) is 26.1. The number of likely N-dealkylation sites (tertiary alicyclic amines) is 1. The van der Waals surface area contributed by atoms with Crippen LogP contribution in [-0.4, -0.2) is 66.6 Å². The molecule has 0 saturated carbocycles. The molecule has 1 aliphatic rings. The van der Waals surface area contributed by atoms with Crippen LogP contribution in [0.4, 0.5) is 10.6 Å². The molecule has 1 fully saturated rings. The Morgan fingerprint density at radius 2 is 1.47 bits per heavy atom. The van der Waals surface area contributed by atoms with Crippen LogP contribution in [0.15, 0.2) is 109 Å². The van der Waals surface area contributed by atoms with Crippen LogP contribution in [0.1, 0.15) is 49.1 Å². The number of fused-ring (bicyclic) bond motifs is 1. The molecule has 240 valence electrons. The summed E-state index contributed by atoms with van der Waals surface area (Å²) in [5.41, 5.74) is 10.5. The Bertz CT molecular complexity index is 1790. The maximum atomic E-state index is 14.0. The molecular weight excluding hydrogens is 598 g/mol. The van der Waals surface area contributed by atoms with Crippen LogP contribution in [0.2, 0.25) is 0 Å². The molecule has 6 rings (SSSR count). The quantitative estimate of drug-likeness (QED) is 0.0780. The highest BCUT2D eigenvalue weighted by atomic mass is 16.6. The molecule has 1 saturated heterocycles. The first-order chi connectivity index (χ1) is 22.7. The summed E-state index contributed by atoms with van der Waals surface area (Å²) in [6.45, 7) is 5.04. The first kappa shape index (κ1) is 31.7. The third-order valence-electron chi connectivity index (χ3n) is 8.27. The molecule has 0 bridgehead atoms. The lowest BCUT2D eigenvalue weighted by molar-refractivity contribution is -0.0499. The summed E-state index contributed by atoms with van der Waals surface area (Å²) in [6, 6.07) is 27.0. The number of rotatable bonds is 8. The van der Waals surface area contributed by atoms with Crippen molar-refractivity contribution in [1.82, 2.24) is 19.9 Å². The summed E-state index contributed by atoms with van der Waals surface area (Å²) in [4.78, 5) is 29.6. The number of carbonyl (C=O) groups is 1. The minimum Gasteiger partial charge on any atom is -0.444 e. The normalized spacial score (nSPS) is 19.8. The van der Waals surface area contributed by atoms with E-state index in [-0.39, 0.29) is 12.4 Å². The maximum Gasteiger partial charge on any atom is 0.411 e. The predicted octanol–water partition coefficient (Wildman–Crippen LogP) is 6.29. The van der Waals surface area contributed by atoms with Crippen LogP contribution in [0.3, 0.4) is 0 Å². The van der Waals surface area contributed by atoms with Crippen LogP contribution >= 0.6 is 0 Å². The number of aromatic nitrogens is 3. The van der Waals surface area contributed by atoms with Gasteiger partial charge in [0.05, 0.1) is 29.7 Å². The van der Waals surface area contributed by atoms with Crippen molar-refractivity contribution in [2.24, 2.45) is 5.11 Å². The first-order valence-corrected chi connectivity index (χ1v) is 15.2. The fraction of sp³-hybridized carbons (Fsp3) is 0.286. The SMILES string of the molecule is CC(C)(C)OC(=O)N1C(COC(c2ccccc2)(c2ccccc2)c2ccccc2)C(O)C(O)C1c1c[nH]c2c(N=[N+]=[N-])ncnc12. The number of azide groups is 1. The van der Waals surface area contributed by atoms with Crippen molar-refractivity contribution in [3.05, 3.63) is 136 Å². The highest BCUT2D eigenvalue weighted by Crippen LogP contribution is 2.44. The molecule has 0 aliphatic carbocycles. The number of aliphatic hydroxyl groups is 2. The highest BCUT2D eigenvalue weighted by Gasteiger charge is 2.54. The Morgan fingerprint density at radius 1 is 0.915 bits per heavy atom. The van der Waals surface area contributed by atoms with Crippen molar-refractivity contribution >= 4 is 22.9 Å². The molecule has 3 N–H and O–H groups in total. The zero-order chi connectivity index (χ0) is 33.2. The summed E-state index contributed by atoms with van der Waals surface area (Å²) < 4.78 is 12.8. The molecular formula is C35H35N7O5. The van der Waals surface area contributed by atoms with Crippen molar-refractivity contribution in [1.29, 1.82) is 0 Å². The molecule has 3 aromatic carbocycles. The largest absolute Gasteiger partial charge is 0.444 e. The monoisotopic (exact) mass is 633 g/mol. The van der Waals surface area contributed by atoms with Crippen molar-refractivity contribution in [2.45, 2.75) is 56.3 Å². The van der Waals surface area contributed by atoms with Crippen LogP contribution in [0, 0.1) is 0 Å². The molecule has 4 atom stereocenters. The van der Waals surface area contributed by atoms with Gasteiger partial charge in [-0.1, -0.05) is 91.0 Å². The van der Waals surface area contributed by atoms with Crippen molar-refractivity contribution in [2.75, 3.05) is 6.61 Å². The van der Waals surface area contributed by atoms with E-state index < -0.39 is 41.6 Å². The molecule has 4 unspecified atom stereocenters. The third kappa shape index (κ3) is 5.91. The lowest BCUT2D eigenvalue weighted by Crippen LogP contribution is -2.47. The molecule has 47 heavy (non-hydrogen) atoms. The van der Waals surface area contributed by atoms with Gasteiger partial charge in [0, 0.05) is 16.7 Å². The van der Waals surface area contributed by atoms with Gasteiger partial charge < -0.3 is 24.7 Å². The van der Waals surface area contributed by atoms with Gasteiger partial charge in [0.15, 0.2) is 5.82 Å². The Hall–Kier alpha value is -5.26. The van der Waals surface area contributed by atoms with E-state index in [2.05, 4.69) is 25.0 Å². The molecule has 5 aromatic rings. The van der Waals surface area contributed by atoms with Gasteiger partial charge in [-0.3, -0.25) is 4.90 Å². The number of hydrogen-bond donors (Lipinski definition) is 3. The minimum absolute atomic E-state index is 0.0545. The molecule has 12 nitrogen and oxygen atoms in total. The third-order valence-corrected chi connectivity index (χ3v) is 8.27. The second-order valence-corrected chi connectivity index (χ2v) is 12.3. The van der Waals surface area contributed by atoms with E-state index in [1.165, 1.54) is 11.2 Å². The van der Waals surface area contributed by atoms with Gasteiger partial charge in [-0.05, 0) is 48.1 Å². The Morgan fingerprint density at radius 3 is 1.98 bits per heavy atom. The lowest BCUT2D eigenvalue weighted by atomic mass is 9.80. The topological polar surface area (TPSA) is 170 Å².